The Morgan fingerprint density at radius 3 is 2.56 bits per heavy atom. The second kappa shape index (κ2) is 6.21. The summed E-state index contributed by atoms with van der Waals surface area (Å²) in [5.74, 6) is 0.277. The highest BCUT2D eigenvalue weighted by Crippen LogP contribution is 2.29. The maximum Gasteiger partial charge on any atom is 0.129 e. The van der Waals surface area contributed by atoms with Crippen molar-refractivity contribution in [3.63, 3.8) is 0 Å². The molecule has 1 aromatic carbocycles. The maximum atomic E-state index is 13.7. The molecule has 0 amide bonds. The highest BCUT2D eigenvalue weighted by Gasteiger charge is 2.18. The van der Waals surface area contributed by atoms with Gasteiger partial charge in [0.2, 0.25) is 0 Å². The summed E-state index contributed by atoms with van der Waals surface area (Å²) in [4.78, 5) is 0. The Morgan fingerprint density at radius 1 is 1.38 bits per heavy atom. The molecule has 1 aromatic rings. The molecule has 0 spiro atoms. The monoisotopic (exact) mass is 243 g/mol. The van der Waals surface area contributed by atoms with Gasteiger partial charge in [0.15, 0.2) is 0 Å². The molecule has 0 bridgehead atoms. The summed E-state index contributed by atoms with van der Waals surface area (Å²) in [6, 6.07) is 4.84. The van der Waals surface area contributed by atoms with Crippen LogP contribution in [-0.4, -0.2) is 6.54 Å². The molecular formula is C13H19ClFN. The van der Waals surface area contributed by atoms with Crippen LogP contribution in [0.4, 0.5) is 4.39 Å². The van der Waals surface area contributed by atoms with Crippen molar-refractivity contribution in [3.05, 3.63) is 34.6 Å². The summed E-state index contributed by atoms with van der Waals surface area (Å²) in [5, 5.41) is 3.79. The van der Waals surface area contributed by atoms with Crippen LogP contribution in [0.25, 0.3) is 0 Å². The van der Waals surface area contributed by atoms with Crippen LogP contribution in [-0.2, 0) is 0 Å². The van der Waals surface area contributed by atoms with Gasteiger partial charge in [-0.05, 0) is 31.0 Å². The summed E-state index contributed by atoms with van der Waals surface area (Å²) >= 11 is 6.06. The molecular weight excluding hydrogens is 225 g/mol. The molecule has 0 aliphatic carbocycles. The Hall–Kier alpha value is -0.600. The molecule has 0 saturated carbocycles. The van der Waals surface area contributed by atoms with Crippen molar-refractivity contribution in [3.8, 4) is 0 Å². The van der Waals surface area contributed by atoms with Crippen LogP contribution in [0, 0.1) is 11.7 Å². The fraction of sp³-hybridized carbons (Fsp3) is 0.538. The Bertz CT molecular complexity index is 318. The van der Waals surface area contributed by atoms with E-state index in [0.29, 0.717) is 16.5 Å². The van der Waals surface area contributed by atoms with Crippen molar-refractivity contribution in [2.75, 3.05) is 6.54 Å². The van der Waals surface area contributed by atoms with Gasteiger partial charge in [-0.15, -0.1) is 0 Å². The molecule has 1 N–H and O–H groups in total. The Morgan fingerprint density at radius 2 is 2.06 bits per heavy atom. The predicted molar refractivity (Wildman–Crippen MR) is 67.3 cm³/mol. The van der Waals surface area contributed by atoms with Crippen molar-refractivity contribution in [2.45, 2.75) is 33.2 Å². The lowest BCUT2D eigenvalue weighted by Gasteiger charge is -2.21. The highest BCUT2D eigenvalue weighted by molar-refractivity contribution is 6.31. The Labute approximate surface area is 102 Å². The molecule has 0 fully saturated rings. The van der Waals surface area contributed by atoms with Gasteiger partial charge >= 0.3 is 0 Å². The van der Waals surface area contributed by atoms with Gasteiger partial charge in [0.05, 0.1) is 0 Å². The summed E-state index contributed by atoms with van der Waals surface area (Å²) in [6.45, 7) is 7.07. The molecule has 1 atom stereocenters. The van der Waals surface area contributed by atoms with Crippen LogP contribution in [0.15, 0.2) is 18.2 Å². The lowest BCUT2D eigenvalue weighted by atomic mass is 9.96. The van der Waals surface area contributed by atoms with E-state index in [1.165, 1.54) is 6.07 Å². The lowest BCUT2D eigenvalue weighted by molar-refractivity contribution is 0.424. The van der Waals surface area contributed by atoms with E-state index in [-0.39, 0.29) is 11.9 Å². The first-order chi connectivity index (χ1) is 7.56. The van der Waals surface area contributed by atoms with E-state index in [1.807, 2.05) is 6.92 Å². The van der Waals surface area contributed by atoms with Gasteiger partial charge in [0.25, 0.3) is 0 Å². The number of hydrogen-bond donors (Lipinski definition) is 1. The van der Waals surface area contributed by atoms with Gasteiger partial charge in [0.1, 0.15) is 5.82 Å². The van der Waals surface area contributed by atoms with Gasteiger partial charge in [-0.25, -0.2) is 4.39 Å². The van der Waals surface area contributed by atoms with Crippen molar-refractivity contribution >= 4 is 11.6 Å². The molecule has 1 unspecified atom stereocenters. The minimum atomic E-state index is -0.223. The second-order valence-corrected chi connectivity index (χ2v) is 4.78. The third kappa shape index (κ3) is 3.46. The number of hydrogen-bond acceptors (Lipinski definition) is 1. The third-order valence-corrected chi connectivity index (χ3v) is 2.84. The number of benzene rings is 1. The first-order valence-electron chi connectivity index (χ1n) is 5.73. The van der Waals surface area contributed by atoms with Gasteiger partial charge in [0, 0.05) is 16.6 Å². The zero-order valence-electron chi connectivity index (χ0n) is 10.1. The molecule has 0 aromatic heterocycles. The summed E-state index contributed by atoms with van der Waals surface area (Å²) < 4.78 is 13.7. The molecule has 0 aliphatic rings. The van der Waals surface area contributed by atoms with Crippen LogP contribution < -0.4 is 5.32 Å². The van der Waals surface area contributed by atoms with Crippen LogP contribution in [0.5, 0.6) is 0 Å². The van der Waals surface area contributed by atoms with Gasteiger partial charge in [-0.2, -0.15) is 0 Å². The topological polar surface area (TPSA) is 12.0 Å². The number of rotatable bonds is 5. The van der Waals surface area contributed by atoms with E-state index in [2.05, 4.69) is 19.2 Å². The molecule has 3 heteroatoms. The van der Waals surface area contributed by atoms with Gasteiger partial charge in [-0.3, -0.25) is 0 Å². The van der Waals surface area contributed by atoms with E-state index >= 15 is 0 Å². The Balaban J connectivity index is 3.00. The van der Waals surface area contributed by atoms with Crippen molar-refractivity contribution < 1.29 is 4.39 Å². The molecule has 0 saturated heterocycles. The van der Waals surface area contributed by atoms with Crippen molar-refractivity contribution in [1.82, 2.24) is 5.32 Å². The van der Waals surface area contributed by atoms with E-state index < -0.39 is 0 Å². The standard InChI is InChI=1S/C13H19ClFN/c1-4-16-12(8-9(2)3)13-10(14)6-5-7-11(13)15/h5-7,9,12,16H,4,8H2,1-3H3. The zero-order valence-corrected chi connectivity index (χ0v) is 10.8. The largest absolute Gasteiger partial charge is 0.310 e. The van der Waals surface area contributed by atoms with Gasteiger partial charge < -0.3 is 5.32 Å². The highest BCUT2D eigenvalue weighted by atomic mass is 35.5. The molecule has 1 rings (SSSR count). The van der Waals surface area contributed by atoms with E-state index in [4.69, 9.17) is 11.6 Å². The predicted octanol–water partition coefficient (Wildman–Crippen LogP) is 4.18. The fourth-order valence-corrected chi connectivity index (χ4v) is 2.16. The Kier molecular flexibility index (Phi) is 5.23. The van der Waals surface area contributed by atoms with Gasteiger partial charge in [-0.1, -0.05) is 38.4 Å². The molecule has 16 heavy (non-hydrogen) atoms. The van der Waals surface area contributed by atoms with Crippen LogP contribution in [0.1, 0.15) is 38.8 Å². The summed E-state index contributed by atoms with van der Waals surface area (Å²) in [7, 11) is 0. The smallest absolute Gasteiger partial charge is 0.129 e. The first-order valence-corrected chi connectivity index (χ1v) is 6.11. The van der Waals surface area contributed by atoms with Crippen molar-refractivity contribution in [2.24, 2.45) is 5.92 Å². The number of nitrogens with one attached hydrogen (secondary N) is 1. The summed E-state index contributed by atoms with van der Waals surface area (Å²) in [6.07, 6.45) is 0.883. The van der Waals surface area contributed by atoms with Crippen LogP contribution in [0.2, 0.25) is 5.02 Å². The average Bonchev–Trinajstić information content (AvgIpc) is 2.16. The lowest BCUT2D eigenvalue weighted by Crippen LogP contribution is -2.23. The average molecular weight is 244 g/mol. The van der Waals surface area contributed by atoms with E-state index in [9.17, 15) is 4.39 Å². The molecule has 0 aliphatic heterocycles. The number of halogens is 2. The molecule has 0 radical (unpaired) electrons. The third-order valence-electron chi connectivity index (χ3n) is 2.51. The normalized spacial score (nSPS) is 13.1. The summed E-state index contributed by atoms with van der Waals surface area (Å²) in [5.41, 5.74) is 0.597. The quantitative estimate of drug-likeness (QED) is 0.818. The van der Waals surface area contributed by atoms with Crippen LogP contribution >= 0.6 is 11.6 Å². The van der Waals surface area contributed by atoms with E-state index in [1.54, 1.807) is 12.1 Å². The second-order valence-electron chi connectivity index (χ2n) is 4.38. The molecule has 1 nitrogen and oxygen atoms in total. The first kappa shape index (κ1) is 13.5. The zero-order chi connectivity index (χ0) is 12.1. The molecule has 90 valence electrons. The fourth-order valence-electron chi connectivity index (χ4n) is 1.86. The van der Waals surface area contributed by atoms with E-state index in [0.717, 1.165) is 13.0 Å². The minimum Gasteiger partial charge on any atom is -0.310 e. The maximum absolute atomic E-state index is 13.7. The minimum absolute atomic E-state index is 0.00120. The SMILES string of the molecule is CCNC(CC(C)C)c1c(F)cccc1Cl. The molecule has 0 heterocycles. The van der Waals surface area contributed by atoms with Crippen LogP contribution in [0.3, 0.4) is 0 Å². The van der Waals surface area contributed by atoms with Crippen molar-refractivity contribution in [1.29, 1.82) is 0 Å².